The highest BCUT2D eigenvalue weighted by molar-refractivity contribution is 5.69. The Morgan fingerprint density at radius 3 is 2.72 bits per heavy atom. The van der Waals surface area contributed by atoms with Crippen LogP contribution in [0.25, 0.3) is 11.4 Å². The maximum absolute atomic E-state index is 9.97. The zero-order valence-electron chi connectivity index (χ0n) is 14.5. The summed E-state index contributed by atoms with van der Waals surface area (Å²) in [5, 5.41) is 9.97. The van der Waals surface area contributed by atoms with E-state index in [-0.39, 0.29) is 18.2 Å². The monoisotopic (exact) mass is 346 g/mol. The number of aliphatic hydroxyl groups excluding tert-OH is 1. The zero-order chi connectivity index (χ0) is 17.6. The molecule has 25 heavy (non-hydrogen) atoms. The number of aromatic nitrogens is 2. The largest absolute Gasteiger partial charge is 0.496 e. The van der Waals surface area contributed by atoms with E-state index in [0.29, 0.717) is 13.2 Å². The van der Waals surface area contributed by atoms with Crippen LogP contribution in [0.2, 0.25) is 0 Å². The summed E-state index contributed by atoms with van der Waals surface area (Å²) in [4.78, 5) is 4.54. The third-order valence-electron chi connectivity index (χ3n) is 5.05. The minimum atomic E-state index is -0.570. The van der Waals surface area contributed by atoms with E-state index >= 15 is 0 Å². The maximum atomic E-state index is 9.97. The predicted octanol–water partition coefficient (Wildman–Crippen LogP) is 1.58. The third-order valence-corrected chi connectivity index (χ3v) is 5.05. The number of aliphatic hydroxyl groups is 1. The molecule has 134 valence electrons. The molecular weight excluding hydrogens is 324 g/mol. The number of imidazole rings is 1. The second-order valence-electron chi connectivity index (χ2n) is 6.36. The molecule has 2 aromatic rings. The summed E-state index contributed by atoms with van der Waals surface area (Å²) in [7, 11) is 3.28. The molecule has 2 aliphatic rings. The van der Waals surface area contributed by atoms with Crippen molar-refractivity contribution in [3.8, 4) is 22.9 Å². The topological polar surface area (TPSA) is 75.0 Å². The van der Waals surface area contributed by atoms with Crippen molar-refractivity contribution in [2.24, 2.45) is 0 Å². The van der Waals surface area contributed by atoms with Gasteiger partial charge in [0, 0.05) is 18.0 Å². The molecule has 7 nitrogen and oxygen atoms in total. The molecule has 2 fully saturated rings. The molecule has 0 amide bonds. The fraction of sp³-hybridized carbons (Fsp3) is 0.500. The van der Waals surface area contributed by atoms with Gasteiger partial charge in [-0.15, -0.1) is 0 Å². The van der Waals surface area contributed by atoms with E-state index in [1.165, 1.54) is 0 Å². The van der Waals surface area contributed by atoms with Crippen molar-refractivity contribution in [3.05, 3.63) is 30.1 Å². The molecule has 2 aliphatic heterocycles. The van der Waals surface area contributed by atoms with Crippen molar-refractivity contribution in [3.63, 3.8) is 0 Å². The van der Waals surface area contributed by atoms with Crippen LogP contribution in [0.1, 0.15) is 11.6 Å². The van der Waals surface area contributed by atoms with E-state index in [1.54, 1.807) is 20.4 Å². The van der Waals surface area contributed by atoms with Gasteiger partial charge in [0.15, 0.2) is 0 Å². The number of fused-ring (bicyclic) bond motifs is 1. The Bertz CT molecular complexity index is 775. The smallest absolute Gasteiger partial charge is 0.144 e. The van der Waals surface area contributed by atoms with Crippen LogP contribution in [0.5, 0.6) is 11.5 Å². The molecule has 4 atom stereocenters. The Labute approximate surface area is 146 Å². The van der Waals surface area contributed by atoms with Gasteiger partial charge >= 0.3 is 0 Å². The van der Waals surface area contributed by atoms with E-state index in [4.69, 9.17) is 18.9 Å². The van der Waals surface area contributed by atoms with Crippen LogP contribution in [0.4, 0.5) is 0 Å². The third kappa shape index (κ3) is 2.50. The molecule has 0 bridgehead atoms. The average Bonchev–Trinajstić information content (AvgIpc) is 3.32. The Balaban J connectivity index is 1.75. The molecule has 0 spiro atoms. The lowest BCUT2D eigenvalue weighted by Gasteiger charge is -2.21. The Morgan fingerprint density at radius 2 is 1.96 bits per heavy atom. The van der Waals surface area contributed by atoms with Gasteiger partial charge in [0.25, 0.3) is 0 Å². The zero-order valence-corrected chi connectivity index (χ0v) is 14.5. The summed E-state index contributed by atoms with van der Waals surface area (Å²) >= 11 is 0. The number of benzene rings is 1. The Kier molecular flexibility index (Phi) is 4.15. The molecule has 0 aliphatic carbocycles. The van der Waals surface area contributed by atoms with E-state index in [1.807, 2.05) is 29.8 Å². The maximum Gasteiger partial charge on any atom is 0.144 e. The second kappa shape index (κ2) is 6.33. The number of hydrogen-bond acceptors (Lipinski definition) is 6. The van der Waals surface area contributed by atoms with Crippen LogP contribution in [-0.2, 0) is 9.47 Å². The number of nitrogens with zero attached hydrogens (tertiary/aromatic N) is 2. The molecule has 0 radical (unpaired) electrons. The normalized spacial score (nSPS) is 28.2. The molecule has 4 rings (SSSR count). The van der Waals surface area contributed by atoms with Gasteiger partial charge in [-0.3, -0.25) is 0 Å². The standard InChI is InChI=1S/C18H22N2O5/c1-10-14(22-2)5-4-11(15(10)23-3)18-19-6-7-20(18)12-8-24-17-13(21)9-25-16(12)17/h4-7,12-13,16-17,21H,8-9H2,1-3H3/t12-,13+,16+,17+/m0/s1. The molecule has 2 saturated heterocycles. The van der Waals surface area contributed by atoms with Crippen molar-refractivity contribution < 1.29 is 24.1 Å². The Hall–Kier alpha value is -2.09. The van der Waals surface area contributed by atoms with E-state index in [9.17, 15) is 5.11 Å². The lowest BCUT2D eigenvalue weighted by Crippen LogP contribution is -2.30. The highest BCUT2D eigenvalue weighted by Gasteiger charge is 2.48. The van der Waals surface area contributed by atoms with E-state index in [0.717, 1.165) is 28.5 Å². The fourth-order valence-electron chi connectivity index (χ4n) is 3.82. The van der Waals surface area contributed by atoms with Gasteiger partial charge in [0.1, 0.15) is 35.6 Å². The fourth-order valence-corrected chi connectivity index (χ4v) is 3.82. The van der Waals surface area contributed by atoms with Gasteiger partial charge in [-0.05, 0) is 19.1 Å². The summed E-state index contributed by atoms with van der Waals surface area (Å²) in [5.41, 5.74) is 1.80. The Morgan fingerprint density at radius 1 is 1.16 bits per heavy atom. The molecule has 7 heteroatoms. The van der Waals surface area contributed by atoms with Gasteiger partial charge in [-0.25, -0.2) is 4.98 Å². The van der Waals surface area contributed by atoms with Gasteiger partial charge < -0.3 is 28.6 Å². The van der Waals surface area contributed by atoms with Crippen LogP contribution < -0.4 is 9.47 Å². The van der Waals surface area contributed by atoms with Crippen LogP contribution in [0, 0.1) is 6.92 Å². The van der Waals surface area contributed by atoms with Crippen molar-refractivity contribution in [2.45, 2.75) is 31.3 Å². The highest BCUT2D eigenvalue weighted by Crippen LogP contribution is 2.40. The van der Waals surface area contributed by atoms with Crippen molar-refractivity contribution in [2.75, 3.05) is 27.4 Å². The van der Waals surface area contributed by atoms with Crippen LogP contribution >= 0.6 is 0 Å². The summed E-state index contributed by atoms with van der Waals surface area (Å²) in [6, 6.07) is 3.82. The van der Waals surface area contributed by atoms with E-state index < -0.39 is 6.10 Å². The lowest BCUT2D eigenvalue weighted by atomic mass is 10.1. The molecule has 1 aromatic heterocycles. The van der Waals surface area contributed by atoms with Crippen LogP contribution in [0.15, 0.2) is 24.5 Å². The summed E-state index contributed by atoms with van der Waals surface area (Å²) in [6.45, 7) is 2.74. The molecule has 3 heterocycles. The first kappa shape index (κ1) is 16.4. The predicted molar refractivity (Wildman–Crippen MR) is 90.0 cm³/mol. The minimum absolute atomic E-state index is 0.0354. The number of methoxy groups -OCH3 is 2. The van der Waals surface area contributed by atoms with Crippen LogP contribution in [-0.4, -0.2) is 60.4 Å². The molecule has 1 aromatic carbocycles. The first-order valence-corrected chi connectivity index (χ1v) is 8.31. The van der Waals surface area contributed by atoms with Crippen LogP contribution in [0.3, 0.4) is 0 Å². The minimum Gasteiger partial charge on any atom is -0.496 e. The second-order valence-corrected chi connectivity index (χ2v) is 6.36. The van der Waals surface area contributed by atoms with Gasteiger partial charge in [-0.1, -0.05) is 0 Å². The van der Waals surface area contributed by atoms with Gasteiger partial charge in [-0.2, -0.15) is 0 Å². The lowest BCUT2D eigenvalue weighted by molar-refractivity contribution is 0.0172. The first-order chi connectivity index (χ1) is 12.2. The molecule has 0 saturated carbocycles. The van der Waals surface area contributed by atoms with Crippen molar-refractivity contribution in [1.29, 1.82) is 0 Å². The van der Waals surface area contributed by atoms with Gasteiger partial charge in [0.2, 0.25) is 0 Å². The number of rotatable bonds is 4. The summed E-state index contributed by atoms with van der Waals surface area (Å²) in [5.74, 6) is 2.28. The highest BCUT2D eigenvalue weighted by atomic mass is 16.6. The summed E-state index contributed by atoms with van der Waals surface area (Å²) < 4.78 is 24.6. The molecule has 0 unspecified atom stereocenters. The first-order valence-electron chi connectivity index (χ1n) is 8.31. The SMILES string of the molecule is COc1ccc(-c2nccn2[C@H]2CO[C@H]3[C@@H]2OC[C@H]3O)c(OC)c1C. The van der Waals surface area contributed by atoms with Crippen molar-refractivity contribution >= 4 is 0 Å². The van der Waals surface area contributed by atoms with Gasteiger partial charge in [0.05, 0.1) is 39.0 Å². The molecular formula is C18H22N2O5. The number of ether oxygens (including phenoxy) is 4. The quantitative estimate of drug-likeness (QED) is 0.906. The summed E-state index contributed by atoms with van der Waals surface area (Å²) in [6.07, 6.45) is 2.65. The van der Waals surface area contributed by atoms with E-state index in [2.05, 4.69) is 4.98 Å². The van der Waals surface area contributed by atoms with Crippen molar-refractivity contribution in [1.82, 2.24) is 9.55 Å². The average molecular weight is 346 g/mol. The molecule has 1 N–H and O–H groups in total. The number of hydrogen-bond donors (Lipinski definition) is 1.